The van der Waals surface area contributed by atoms with E-state index in [0.717, 1.165) is 5.56 Å². The second-order valence-electron chi connectivity index (χ2n) is 5.75. The minimum Gasteiger partial charge on any atom is -0.277 e. The molecule has 0 radical (unpaired) electrons. The second kappa shape index (κ2) is 7.49. The fourth-order valence-electron chi connectivity index (χ4n) is 2.29. The van der Waals surface area contributed by atoms with E-state index in [0.29, 0.717) is 16.9 Å². The average molecular weight is 368 g/mol. The molecule has 4 nitrogen and oxygen atoms in total. The summed E-state index contributed by atoms with van der Waals surface area (Å²) in [5, 5.41) is 0. The SMILES string of the molecule is Cc1ccc(S(=O)(=O)Nc2ccccc2N=Cc2ccc(F)cc2)cc1. The highest BCUT2D eigenvalue weighted by Crippen LogP contribution is 2.27. The van der Waals surface area contributed by atoms with Crippen molar-refractivity contribution in [3.05, 3.63) is 89.7 Å². The van der Waals surface area contributed by atoms with E-state index < -0.39 is 10.0 Å². The molecule has 132 valence electrons. The Morgan fingerprint density at radius 1 is 0.923 bits per heavy atom. The predicted octanol–water partition coefficient (Wildman–Crippen LogP) is 4.69. The van der Waals surface area contributed by atoms with Gasteiger partial charge in [-0.2, -0.15) is 0 Å². The van der Waals surface area contributed by atoms with Gasteiger partial charge >= 0.3 is 0 Å². The molecular formula is C20H17FN2O2S. The summed E-state index contributed by atoms with van der Waals surface area (Å²) in [5.41, 5.74) is 2.52. The summed E-state index contributed by atoms with van der Waals surface area (Å²) < 4.78 is 40.7. The average Bonchev–Trinajstić information content (AvgIpc) is 2.62. The molecule has 3 rings (SSSR count). The molecule has 3 aromatic carbocycles. The van der Waals surface area contributed by atoms with Crippen molar-refractivity contribution in [2.75, 3.05) is 4.72 Å². The molecule has 0 aliphatic carbocycles. The highest BCUT2D eigenvalue weighted by atomic mass is 32.2. The molecule has 3 aromatic rings. The van der Waals surface area contributed by atoms with E-state index in [-0.39, 0.29) is 10.7 Å². The van der Waals surface area contributed by atoms with Gasteiger partial charge in [-0.05, 0) is 48.9 Å². The minimum absolute atomic E-state index is 0.181. The number of nitrogens with zero attached hydrogens (tertiary/aromatic N) is 1. The number of rotatable bonds is 5. The number of aliphatic imine (C=N–C) groups is 1. The lowest BCUT2D eigenvalue weighted by Crippen LogP contribution is -2.13. The topological polar surface area (TPSA) is 58.5 Å². The predicted molar refractivity (Wildman–Crippen MR) is 102 cm³/mol. The van der Waals surface area contributed by atoms with Crippen LogP contribution in [-0.4, -0.2) is 14.6 Å². The van der Waals surface area contributed by atoms with Gasteiger partial charge in [-0.15, -0.1) is 0 Å². The Hall–Kier alpha value is -2.99. The zero-order valence-corrected chi connectivity index (χ0v) is 14.9. The Morgan fingerprint density at radius 2 is 1.58 bits per heavy atom. The lowest BCUT2D eigenvalue weighted by atomic mass is 10.2. The highest BCUT2D eigenvalue weighted by molar-refractivity contribution is 7.92. The molecule has 0 atom stereocenters. The molecular weight excluding hydrogens is 351 g/mol. The van der Waals surface area contributed by atoms with Crippen LogP contribution in [-0.2, 0) is 10.0 Å². The monoisotopic (exact) mass is 368 g/mol. The van der Waals surface area contributed by atoms with Gasteiger partial charge in [0.1, 0.15) is 5.82 Å². The first-order valence-electron chi connectivity index (χ1n) is 7.92. The van der Waals surface area contributed by atoms with Crippen LogP contribution in [0.3, 0.4) is 0 Å². The zero-order chi connectivity index (χ0) is 18.6. The van der Waals surface area contributed by atoms with Gasteiger partial charge in [-0.25, -0.2) is 12.8 Å². The van der Waals surface area contributed by atoms with E-state index in [2.05, 4.69) is 9.71 Å². The molecule has 0 saturated heterocycles. The first kappa shape index (κ1) is 17.8. The van der Waals surface area contributed by atoms with Crippen LogP contribution in [0.1, 0.15) is 11.1 Å². The second-order valence-corrected chi connectivity index (χ2v) is 7.43. The molecule has 26 heavy (non-hydrogen) atoms. The molecule has 0 spiro atoms. The fourth-order valence-corrected chi connectivity index (χ4v) is 3.36. The maximum Gasteiger partial charge on any atom is 0.261 e. The van der Waals surface area contributed by atoms with E-state index in [9.17, 15) is 12.8 Å². The Labute approximate surface area is 152 Å². The number of sulfonamides is 1. The largest absolute Gasteiger partial charge is 0.277 e. The van der Waals surface area contributed by atoms with Crippen LogP contribution >= 0.6 is 0 Å². The van der Waals surface area contributed by atoms with Gasteiger partial charge < -0.3 is 0 Å². The molecule has 1 N–H and O–H groups in total. The summed E-state index contributed by atoms with van der Waals surface area (Å²) in [5.74, 6) is -0.326. The Balaban J connectivity index is 1.87. The lowest BCUT2D eigenvalue weighted by molar-refractivity contribution is 0.601. The zero-order valence-electron chi connectivity index (χ0n) is 14.1. The maximum absolute atomic E-state index is 13.0. The van der Waals surface area contributed by atoms with Crippen molar-refractivity contribution >= 4 is 27.6 Å². The lowest BCUT2D eigenvalue weighted by Gasteiger charge is -2.10. The first-order chi connectivity index (χ1) is 12.4. The normalized spacial score (nSPS) is 11.6. The standard InChI is InChI=1S/C20H17FN2O2S/c1-15-6-12-18(13-7-15)26(24,25)23-20-5-3-2-4-19(20)22-14-16-8-10-17(21)11-9-16/h2-14,23H,1H3. The summed E-state index contributed by atoms with van der Waals surface area (Å²) >= 11 is 0. The van der Waals surface area contributed by atoms with Gasteiger partial charge in [0.25, 0.3) is 10.0 Å². The molecule has 0 bridgehead atoms. The van der Waals surface area contributed by atoms with Crippen molar-refractivity contribution in [1.82, 2.24) is 0 Å². The van der Waals surface area contributed by atoms with Crippen LogP contribution < -0.4 is 4.72 Å². The Bertz CT molecular complexity index is 1030. The van der Waals surface area contributed by atoms with E-state index in [1.807, 2.05) is 6.92 Å². The van der Waals surface area contributed by atoms with Crippen molar-refractivity contribution in [2.24, 2.45) is 4.99 Å². The number of nitrogens with one attached hydrogen (secondary N) is 1. The van der Waals surface area contributed by atoms with Crippen LogP contribution in [0.25, 0.3) is 0 Å². The van der Waals surface area contributed by atoms with E-state index in [1.54, 1.807) is 66.9 Å². The number of halogens is 1. The number of hydrogen-bond donors (Lipinski definition) is 1. The molecule has 0 unspecified atom stereocenters. The van der Waals surface area contributed by atoms with Crippen LogP contribution in [0, 0.1) is 12.7 Å². The smallest absolute Gasteiger partial charge is 0.261 e. The number of hydrogen-bond acceptors (Lipinski definition) is 3. The summed E-state index contributed by atoms with van der Waals surface area (Å²) in [6, 6.07) is 19.3. The molecule has 0 aliphatic heterocycles. The minimum atomic E-state index is -3.71. The van der Waals surface area contributed by atoms with Gasteiger partial charge in [-0.3, -0.25) is 9.71 Å². The number of para-hydroxylation sites is 2. The van der Waals surface area contributed by atoms with Crippen LogP contribution in [0.4, 0.5) is 15.8 Å². The third kappa shape index (κ3) is 4.34. The quantitative estimate of drug-likeness (QED) is 0.665. The molecule has 0 aromatic heterocycles. The van der Waals surface area contributed by atoms with Crippen LogP contribution in [0.2, 0.25) is 0 Å². The van der Waals surface area contributed by atoms with Crippen molar-refractivity contribution in [2.45, 2.75) is 11.8 Å². The maximum atomic E-state index is 13.0. The van der Waals surface area contributed by atoms with Gasteiger partial charge in [0.05, 0.1) is 16.3 Å². The summed E-state index contributed by atoms with van der Waals surface area (Å²) in [6.07, 6.45) is 1.55. The third-order valence-corrected chi connectivity index (χ3v) is 5.08. The molecule has 0 aliphatic rings. The van der Waals surface area contributed by atoms with Gasteiger partial charge in [-0.1, -0.05) is 42.0 Å². The van der Waals surface area contributed by atoms with Crippen LogP contribution in [0.5, 0.6) is 0 Å². The van der Waals surface area contributed by atoms with Crippen molar-refractivity contribution in [1.29, 1.82) is 0 Å². The molecule has 0 saturated carbocycles. The molecule has 0 heterocycles. The van der Waals surface area contributed by atoms with Gasteiger partial charge in [0.15, 0.2) is 0 Å². The van der Waals surface area contributed by atoms with Crippen molar-refractivity contribution in [3.8, 4) is 0 Å². The molecule has 0 amide bonds. The molecule has 6 heteroatoms. The number of aryl methyl sites for hydroxylation is 1. The van der Waals surface area contributed by atoms with Crippen molar-refractivity contribution in [3.63, 3.8) is 0 Å². The fraction of sp³-hybridized carbons (Fsp3) is 0.0500. The van der Waals surface area contributed by atoms with E-state index in [4.69, 9.17) is 0 Å². The number of anilines is 1. The number of benzene rings is 3. The third-order valence-electron chi connectivity index (χ3n) is 3.70. The molecule has 0 fully saturated rings. The van der Waals surface area contributed by atoms with Crippen molar-refractivity contribution < 1.29 is 12.8 Å². The Kier molecular flexibility index (Phi) is 5.14. The first-order valence-corrected chi connectivity index (χ1v) is 9.40. The van der Waals surface area contributed by atoms with Gasteiger partial charge in [0.2, 0.25) is 0 Å². The summed E-state index contributed by atoms with van der Waals surface area (Å²) in [4.78, 5) is 4.50. The van der Waals surface area contributed by atoms with Crippen LogP contribution in [0.15, 0.2) is 82.7 Å². The summed E-state index contributed by atoms with van der Waals surface area (Å²) in [7, 11) is -3.71. The van der Waals surface area contributed by atoms with E-state index >= 15 is 0 Å². The Morgan fingerprint density at radius 3 is 2.27 bits per heavy atom. The van der Waals surface area contributed by atoms with Gasteiger partial charge in [0, 0.05) is 6.21 Å². The highest BCUT2D eigenvalue weighted by Gasteiger charge is 2.15. The van der Waals surface area contributed by atoms with E-state index in [1.165, 1.54) is 12.1 Å². The summed E-state index contributed by atoms with van der Waals surface area (Å²) in [6.45, 7) is 1.89.